The summed E-state index contributed by atoms with van der Waals surface area (Å²) in [6, 6.07) is 8.99. The van der Waals surface area contributed by atoms with E-state index in [2.05, 4.69) is 13.8 Å². The average molecular weight is 398 g/mol. The van der Waals surface area contributed by atoms with Gasteiger partial charge in [-0.3, -0.25) is 15.0 Å². The van der Waals surface area contributed by atoms with Crippen molar-refractivity contribution in [3.8, 4) is 11.5 Å². The van der Waals surface area contributed by atoms with E-state index in [0.717, 1.165) is 23.1 Å². The molecule has 0 N–H and O–H groups in total. The van der Waals surface area contributed by atoms with Gasteiger partial charge in [-0.15, -0.1) is 10.1 Å². The fourth-order valence-corrected chi connectivity index (χ4v) is 5.29. The van der Waals surface area contributed by atoms with Gasteiger partial charge in [0.25, 0.3) is 5.09 Å². The highest BCUT2D eigenvalue weighted by molar-refractivity contribution is 5.59. The standard InChI is InChI=1S/C21H22N2O6/c1-12-9-17-14-5-4-6-18(29-23(26)27)15(14)10-21(17,2)11-16-13(12)7-8-19(28-3)20(16)22(24)25/h4-8,12,17H,9-11H2,1-3H3. The zero-order valence-electron chi connectivity index (χ0n) is 16.5. The van der Waals surface area contributed by atoms with Crippen LogP contribution < -0.4 is 9.57 Å². The highest BCUT2D eigenvalue weighted by Gasteiger charge is 2.48. The summed E-state index contributed by atoms with van der Waals surface area (Å²) < 4.78 is 5.28. The Hall–Kier alpha value is -3.16. The van der Waals surface area contributed by atoms with E-state index in [0.29, 0.717) is 18.4 Å². The number of hydrogen-bond acceptors (Lipinski definition) is 6. The van der Waals surface area contributed by atoms with Crippen molar-refractivity contribution in [1.29, 1.82) is 0 Å². The lowest BCUT2D eigenvalue weighted by Gasteiger charge is -2.30. The van der Waals surface area contributed by atoms with Crippen LogP contribution >= 0.6 is 0 Å². The molecule has 0 saturated carbocycles. The van der Waals surface area contributed by atoms with E-state index in [1.54, 1.807) is 18.2 Å². The second-order valence-corrected chi connectivity index (χ2v) is 8.28. The molecule has 0 aromatic heterocycles. The van der Waals surface area contributed by atoms with Gasteiger partial charge < -0.3 is 4.74 Å². The summed E-state index contributed by atoms with van der Waals surface area (Å²) in [6.07, 6.45) is 1.87. The van der Waals surface area contributed by atoms with Gasteiger partial charge in [0.1, 0.15) is 5.75 Å². The second kappa shape index (κ2) is 6.72. The van der Waals surface area contributed by atoms with E-state index >= 15 is 0 Å². The molecule has 0 bridgehead atoms. The molecule has 2 aromatic rings. The van der Waals surface area contributed by atoms with Gasteiger partial charge in [-0.1, -0.05) is 32.0 Å². The maximum Gasteiger partial charge on any atom is 0.314 e. The van der Waals surface area contributed by atoms with Crippen molar-refractivity contribution >= 4 is 5.69 Å². The van der Waals surface area contributed by atoms with E-state index in [9.17, 15) is 20.2 Å². The minimum atomic E-state index is -0.792. The molecule has 0 aliphatic heterocycles. The average Bonchev–Trinajstić information content (AvgIpc) is 2.87. The number of benzene rings is 2. The molecule has 2 aliphatic carbocycles. The van der Waals surface area contributed by atoms with Gasteiger partial charge in [0.05, 0.1) is 12.0 Å². The van der Waals surface area contributed by atoms with Crippen LogP contribution in [-0.4, -0.2) is 17.1 Å². The monoisotopic (exact) mass is 398 g/mol. The molecule has 3 atom stereocenters. The van der Waals surface area contributed by atoms with Gasteiger partial charge >= 0.3 is 5.69 Å². The Labute approximate surface area is 167 Å². The third kappa shape index (κ3) is 2.99. The Morgan fingerprint density at radius 2 is 1.76 bits per heavy atom. The number of hydrogen-bond donors (Lipinski definition) is 0. The molecule has 0 spiro atoms. The minimum Gasteiger partial charge on any atom is -0.490 e. The first-order valence-electron chi connectivity index (χ1n) is 9.53. The Balaban J connectivity index is 1.85. The summed E-state index contributed by atoms with van der Waals surface area (Å²) in [5, 5.41) is 22.0. The molecular weight excluding hydrogens is 376 g/mol. The van der Waals surface area contributed by atoms with E-state index in [1.165, 1.54) is 7.11 Å². The van der Waals surface area contributed by atoms with Crippen molar-refractivity contribution in [3.63, 3.8) is 0 Å². The first kappa shape index (κ1) is 19.2. The van der Waals surface area contributed by atoms with Crippen LogP contribution in [-0.2, 0) is 12.8 Å². The largest absolute Gasteiger partial charge is 0.490 e. The summed E-state index contributed by atoms with van der Waals surface area (Å²) in [5.74, 6) is 0.749. The number of nitro benzene ring substituents is 1. The van der Waals surface area contributed by atoms with Crippen LogP contribution in [0.3, 0.4) is 0 Å². The molecule has 3 unspecified atom stereocenters. The number of ether oxygens (including phenoxy) is 1. The maximum absolute atomic E-state index is 11.9. The first-order chi connectivity index (χ1) is 13.7. The van der Waals surface area contributed by atoms with Gasteiger partial charge in [-0.05, 0) is 65.3 Å². The quantitative estimate of drug-likeness (QED) is 0.552. The van der Waals surface area contributed by atoms with Crippen LogP contribution in [0.2, 0.25) is 0 Å². The minimum absolute atomic E-state index is 0.0245. The third-order valence-electron chi connectivity index (χ3n) is 6.52. The number of rotatable bonds is 4. The van der Waals surface area contributed by atoms with E-state index < -0.39 is 5.09 Å². The lowest BCUT2D eigenvalue weighted by molar-refractivity contribution is -0.711. The van der Waals surface area contributed by atoms with Crippen LogP contribution in [0.25, 0.3) is 0 Å². The van der Waals surface area contributed by atoms with Gasteiger partial charge in [0, 0.05) is 5.56 Å². The molecular formula is C21H22N2O6. The Morgan fingerprint density at radius 3 is 2.41 bits per heavy atom. The van der Waals surface area contributed by atoms with Crippen LogP contribution in [0, 0.1) is 25.6 Å². The van der Waals surface area contributed by atoms with Crippen molar-refractivity contribution in [2.24, 2.45) is 5.41 Å². The first-order valence-corrected chi connectivity index (χ1v) is 9.53. The topological polar surface area (TPSA) is 105 Å². The third-order valence-corrected chi connectivity index (χ3v) is 6.52. The molecule has 2 aliphatic rings. The summed E-state index contributed by atoms with van der Waals surface area (Å²) in [7, 11) is 1.44. The lowest BCUT2D eigenvalue weighted by Crippen LogP contribution is -2.24. The fraction of sp³-hybridized carbons (Fsp3) is 0.429. The smallest absolute Gasteiger partial charge is 0.314 e. The Bertz CT molecular complexity index is 1020. The number of fused-ring (bicyclic) bond motifs is 4. The van der Waals surface area contributed by atoms with Crippen LogP contribution in [0.15, 0.2) is 30.3 Å². The van der Waals surface area contributed by atoms with Crippen molar-refractivity contribution < 1.29 is 19.6 Å². The normalized spacial score (nSPS) is 24.7. The van der Waals surface area contributed by atoms with Crippen molar-refractivity contribution in [3.05, 3.63) is 72.8 Å². The summed E-state index contributed by atoms with van der Waals surface area (Å²) in [6.45, 7) is 4.19. The predicted molar refractivity (Wildman–Crippen MR) is 105 cm³/mol. The summed E-state index contributed by atoms with van der Waals surface area (Å²) in [5.41, 5.74) is 3.27. The van der Waals surface area contributed by atoms with Gasteiger partial charge in [0.2, 0.25) is 0 Å². The van der Waals surface area contributed by atoms with E-state index in [-0.39, 0.29) is 39.4 Å². The van der Waals surface area contributed by atoms with Crippen LogP contribution in [0.4, 0.5) is 5.69 Å². The highest BCUT2D eigenvalue weighted by atomic mass is 17.0. The van der Waals surface area contributed by atoms with Crippen LogP contribution in [0.5, 0.6) is 11.5 Å². The van der Waals surface area contributed by atoms with Gasteiger partial charge in [-0.2, -0.15) is 0 Å². The lowest BCUT2D eigenvalue weighted by atomic mass is 9.73. The molecule has 0 fully saturated rings. The van der Waals surface area contributed by atoms with Crippen LogP contribution in [0.1, 0.15) is 54.4 Å². The summed E-state index contributed by atoms with van der Waals surface area (Å²) >= 11 is 0. The molecule has 2 aromatic carbocycles. The molecule has 8 nitrogen and oxygen atoms in total. The van der Waals surface area contributed by atoms with E-state index in [1.807, 2.05) is 12.1 Å². The number of nitro groups is 1. The molecule has 0 amide bonds. The SMILES string of the molecule is COc1ccc2c(c1[N+](=O)[O-])CC1(C)Cc3c(O[N+](=O)[O-])cccc3C1CC2C. The Kier molecular flexibility index (Phi) is 4.44. The zero-order chi connectivity index (χ0) is 20.9. The Morgan fingerprint density at radius 1 is 1.03 bits per heavy atom. The van der Waals surface area contributed by atoms with Gasteiger partial charge in [0.15, 0.2) is 5.75 Å². The number of methoxy groups -OCH3 is 1. The molecule has 152 valence electrons. The van der Waals surface area contributed by atoms with Gasteiger partial charge in [-0.25, -0.2) is 0 Å². The second-order valence-electron chi connectivity index (χ2n) is 8.28. The molecule has 4 rings (SSSR count). The van der Waals surface area contributed by atoms with E-state index in [4.69, 9.17) is 9.57 Å². The molecule has 0 heterocycles. The van der Waals surface area contributed by atoms with Crippen molar-refractivity contribution in [2.75, 3.05) is 7.11 Å². The molecule has 29 heavy (non-hydrogen) atoms. The highest BCUT2D eigenvalue weighted by Crippen LogP contribution is 2.58. The van der Waals surface area contributed by atoms with Crippen molar-refractivity contribution in [2.45, 2.75) is 44.9 Å². The maximum atomic E-state index is 11.9. The zero-order valence-corrected chi connectivity index (χ0v) is 16.5. The number of nitrogens with zero attached hydrogens (tertiary/aromatic N) is 2. The molecule has 0 radical (unpaired) electrons. The molecule has 8 heteroatoms. The fourth-order valence-electron chi connectivity index (χ4n) is 5.29. The van der Waals surface area contributed by atoms with Crippen molar-refractivity contribution in [1.82, 2.24) is 0 Å². The molecule has 0 saturated heterocycles. The predicted octanol–water partition coefficient (Wildman–Crippen LogP) is 4.57. The summed E-state index contributed by atoms with van der Waals surface area (Å²) in [4.78, 5) is 27.3.